The van der Waals surface area contributed by atoms with Crippen LogP contribution in [0.4, 0.5) is 5.82 Å². The molecule has 0 amide bonds. The smallest absolute Gasteiger partial charge is 0.226 e. The third kappa shape index (κ3) is 2.19. The summed E-state index contributed by atoms with van der Waals surface area (Å²) in [5.41, 5.74) is 4.00. The van der Waals surface area contributed by atoms with Crippen molar-refractivity contribution in [3.63, 3.8) is 0 Å². The van der Waals surface area contributed by atoms with E-state index in [4.69, 9.17) is 11.6 Å². The quantitative estimate of drug-likeness (QED) is 0.582. The van der Waals surface area contributed by atoms with E-state index in [0.29, 0.717) is 22.9 Å². The lowest BCUT2D eigenvalue weighted by Crippen LogP contribution is -1.95. The molecule has 0 bridgehead atoms. The number of benzene rings is 1. The molecule has 104 valence electrons. The van der Waals surface area contributed by atoms with Crippen molar-refractivity contribution in [1.82, 2.24) is 19.9 Å². The molecular formula is C15H12ClN5. The van der Waals surface area contributed by atoms with Crippen LogP contribution in [0, 0.1) is 0 Å². The Kier molecular flexibility index (Phi) is 2.93. The Hall–Kier alpha value is -2.27. The fraction of sp³-hybridized carbons (Fsp3) is 0.200. The van der Waals surface area contributed by atoms with Crippen molar-refractivity contribution in [2.75, 3.05) is 0 Å². The largest absolute Gasteiger partial charge is 0.340 e. The summed E-state index contributed by atoms with van der Waals surface area (Å²) in [5.74, 6) is 0.861. The molecule has 0 fully saturated rings. The highest BCUT2D eigenvalue weighted by atomic mass is 35.5. The van der Waals surface area contributed by atoms with Crippen molar-refractivity contribution in [3.8, 4) is 0 Å². The summed E-state index contributed by atoms with van der Waals surface area (Å²) in [4.78, 5) is 19.8. The van der Waals surface area contributed by atoms with Crippen molar-refractivity contribution in [1.29, 1.82) is 0 Å². The van der Waals surface area contributed by atoms with Gasteiger partial charge in [-0.25, -0.2) is 9.98 Å². The maximum absolute atomic E-state index is 5.91. The number of H-pyrrole nitrogens is 1. The Bertz CT molecular complexity index is 839. The maximum Gasteiger partial charge on any atom is 0.226 e. The standard InChI is InChI=1S/C15H12ClN5/c16-15-20-13(12-14(21-15)19-8-18-12)17-7-10-6-5-9-3-1-2-4-11(9)10/h1-4,7-8,10H,5-6H2,(H,18,19,20,21). The van der Waals surface area contributed by atoms with Gasteiger partial charge in [-0.1, -0.05) is 24.3 Å². The molecule has 21 heavy (non-hydrogen) atoms. The van der Waals surface area contributed by atoms with Crippen LogP contribution in [0.5, 0.6) is 0 Å². The molecule has 1 aromatic carbocycles. The van der Waals surface area contributed by atoms with Crippen LogP contribution in [-0.2, 0) is 6.42 Å². The second-order valence-corrected chi connectivity index (χ2v) is 5.38. The van der Waals surface area contributed by atoms with Gasteiger partial charge in [-0.2, -0.15) is 9.97 Å². The molecule has 0 saturated heterocycles. The monoisotopic (exact) mass is 297 g/mol. The Morgan fingerprint density at radius 2 is 2.19 bits per heavy atom. The van der Waals surface area contributed by atoms with E-state index in [1.54, 1.807) is 6.33 Å². The third-order valence-electron chi connectivity index (χ3n) is 3.80. The number of nitrogens with one attached hydrogen (secondary N) is 1. The van der Waals surface area contributed by atoms with E-state index in [2.05, 4.69) is 49.2 Å². The van der Waals surface area contributed by atoms with Gasteiger partial charge < -0.3 is 4.98 Å². The van der Waals surface area contributed by atoms with Gasteiger partial charge in [0.15, 0.2) is 11.5 Å². The number of fused-ring (bicyclic) bond motifs is 2. The highest BCUT2D eigenvalue weighted by molar-refractivity contribution is 6.28. The van der Waals surface area contributed by atoms with Gasteiger partial charge in [-0.05, 0) is 35.6 Å². The van der Waals surface area contributed by atoms with Crippen molar-refractivity contribution >= 4 is 34.8 Å². The van der Waals surface area contributed by atoms with Gasteiger partial charge in [0.05, 0.1) is 6.33 Å². The van der Waals surface area contributed by atoms with Gasteiger partial charge in [0.1, 0.15) is 5.52 Å². The van der Waals surface area contributed by atoms with E-state index in [9.17, 15) is 0 Å². The molecule has 1 N–H and O–H groups in total. The zero-order chi connectivity index (χ0) is 14.2. The molecule has 6 heteroatoms. The van der Waals surface area contributed by atoms with Crippen LogP contribution in [0.1, 0.15) is 23.5 Å². The van der Waals surface area contributed by atoms with E-state index in [1.165, 1.54) is 11.1 Å². The average molecular weight is 298 g/mol. The van der Waals surface area contributed by atoms with Crippen LogP contribution in [0.2, 0.25) is 5.28 Å². The third-order valence-corrected chi connectivity index (χ3v) is 3.96. The number of rotatable bonds is 2. The highest BCUT2D eigenvalue weighted by Gasteiger charge is 2.20. The predicted molar refractivity (Wildman–Crippen MR) is 82.3 cm³/mol. The lowest BCUT2D eigenvalue weighted by atomic mass is 10.0. The topological polar surface area (TPSA) is 66.8 Å². The van der Waals surface area contributed by atoms with Gasteiger partial charge in [-0.3, -0.25) is 0 Å². The minimum atomic E-state index is 0.161. The molecule has 3 aromatic rings. The minimum absolute atomic E-state index is 0.161. The fourth-order valence-electron chi connectivity index (χ4n) is 2.79. The van der Waals surface area contributed by atoms with E-state index in [0.717, 1.165) is 12.8 Å². The number of hydrogen-bond donors (Lipinski definition) is 1. The molecule has 2 heterocycles. The number of nitrogens with zero attached hydrogens (tertiary/aromatic N) is 4. The Labute approximate surface area is 126 Å². The summed E-state index contributed by atoms with van der Waals surface area (Å²) in [6, 6.07) is 8.49. The lowest BCUT2D eigenvalue weighted by Gasteiger charge is -2.04. The zero-order valence-electron chi connectivity index (χ0n) is 11.1. The number of aliphatic imine (C=N–C) groups is 1. The summed E-state index contributed by atoms with van der Waals surface area (Å²) < 4.78 is 0. The van der Waals surface area contributed by atoms with Crippen LogP contribution in [0.3, 0.4) is 0 Å². The number of halogens is 1. The van der Waals surface area contributed by atoms with Gasteiger partial charge in [0, 0.05) is 12.1 Å². The van der Waals surface area contributed by atoms with E-state index in [-0.39, 0.29) is 5.28 Å². The Balaban J connectivity index is 1.71. The Morgan fingerprint density at radius 1 is 1.29 bits per heavy atom. The van der Waals surface area contributed by atoms with Crippen LogP contribution >= 0.6 is 11.6 Å². The SMILES string of the molecule is Clc1nc(N=CC2CCc3ccccc32)c2[nH]cnc2n1. The molecule has 0 spiro atoms. The number of aryl methyl sites for hydroxylation is 1. The van der Waals surface area contributed by atoms with Crippen LogP contribution < -0.4 is 0 Å². The molecule has 2 aromatic heterocycles. The van der Waals surface area contributed by atoms with Gasteiger partial charge in [-0.15, -0.1) is 0 Å². The zero-order valence-corrected chi connectivity index (χ0v) is 11.9. The number of imidazole rings is 1. The van der Waals surface area contributed by atoms with Gasteiger partial charge >= 0.3 is 0 Å². The second kappa shape index (κ2) is 4.93. The number of aromatic nitrogens is 4. The van der Waals surface area contributed by atoms with Crippen LogP contribution in [0.25, 0.3) is 11.2 Å². The molecule has 1 aliphatic carbocycles. The summed E-state index contributed by atoms with van der Waals surface area (Å²) in [6.45, 7) is 0. The summed E-state index contributed by atoms with van der Waals surface area (Å²) >= 11 is 5.91. The molecular weight excluding hydrogens is 286 g/mol. The first kappa shape index (κ1) is 12.5. The van der Waals surface area contributed by atoms with Crippen LogP contribution in [-0.4, -0.2) is 26.2 Å². The normalized spacial score (nSPS) is 17.7. The van der Waals surface area contributed by atoms with Crippen molar-refractivity contribution in [3.05, 3.63) is 47.0 Å². The molecule has 0 aliphatic heterocycles. The van der Waals surface area contributed by atoms with Gasteiger partial charge in [0.2, 0.25) is 5.28 Å². The molecule has 1 atom stereocenters. The lowest BCUT2D eigenvalue weighted by molar-refractivity contribution is 0.860. The summed E-state index contributed by atoms with van der Waals surface area (Å²) in [6.07, 6.45) is 5.69. The van der Waals surface area contributed by atoms with E-state index in [1.807, 2.05) is 6.21 Å². The summed E-state index contributed by atoms with van der Waals surface area (Å²) in [7, 11) is 0. The maximum atomic E-state index is 5.91. The van der Waals surface area contributed by atoms with E-state index < -0.39 is 0 Å². The fourth-order valence-corrected chi connectivity index (χ4v) is 2.95. The Morgan fingerprint density at radius 3 is 3.14 bits per heavy atom. The second-order valence-electron chi connectivity index (χ2n) is 5.04. The number of aromatic amines is 1. The molecule has 4 rings (SSSR count). The average Bonchev–Trinajstić information content (AvgIpc) is 3.11. The minimum Gasteiger partial charge on any atom is -0.340 e. The first-order valence-corrected chi connectivity index (χ1v) is 7.17. The van der Waals surface area contributed by atoms with E-state index >= 15 is 0 Å². The molecule has 1 aliphatic rings. The predicted octanol–water partition coefficient (Wildman–Crippen LogP) is 3.44. The molecule has 0 saturated carbocycles. The number of hydrogen-bond acceptors (Lipinski definition) is 4. The highest BCUT2D eigenvalue weighted by Crippen LogP contribution is 2.32. The van der Waals surface area contributed by atoms with Crippen molar-refractivity contribution in [2.45, 2.75) is 18.8 Å². The molecule has 1 unspecified atom stereocenters. The van der Waals surface area contributed by atoms with Crippen molar-refractivity contribution in [2.24, 2.45) is 4.99 Å². The first-order chi connectivity index (χ1) is 10.3. The molecule has 5 nitrogen and oxygen atoms in total. The van der Waals surface area contributed by atoms with Gasteiger partial charge in [0.25, 0.3) is 0 Å². The first-order valence-electron chi connectivity index (χ1n) is 6.80. The molecule has 0 radical (unpaired) electrons. The summed E-state index contributed by atoms with van der Waals surface area (Å²) in [5, 5.41) is 0.161. The van der Waals surface area contributed by atoms with Crippen molar-refractivity contribution < 1.29 is 0 Å². The van der Waals surface area contributed by atoms with Crippen LogP contribution in [0.15, 0.2) is 35.6 Å².